The lowest BCUT2D eigenvalue weighted by Gasteiger charge is -2.07. The Morgan fingerprint density at radius 1 is 0.821 bits per heavy atom. The van der Waals surface area contributed by atoms with Gasteiger partial charge in [0.1, 0.15) is 0 Å². The van der Waals surface area contributed by atoms with Crippen molar-refractivity contribution in [3.63, 3.8) is 0 Å². The second-order valence-electron chi connectivity index (χ2n) is 6.71. The van der Waals surface area contributed by atoms with Gasteiger partial charge in [0, 0.05) is 23.7 Å². The average Bonchev–Trinajstić information content (AvgIpc) is 3.06. The van der Waals surface area contributed by atoms with Crippen LogP contribution in [-0.4, -0.2) is 29.7 Å². The van der Waals surface area contributed by atoms with Crippen molar-refractivity contribution in [2.75, 3.05) is 0 Å². The average molecular weight is 382 g/mol. The molecule has 0 unspecified atom stereocenters. The molecule has 0 saturated carbocycles. The monoisotopic (exact) mass is 382 g/mol. The van der Waals surface area contributed by atoms with Crippen LogP contribution in [0.5, 0.6) is 0 Å². The summed E-state index contributed by atoms with van der Waals surface area (Å²) in [6.45, 7) is 0.575. The zero-order valence-corrected chi connectivity index (χ0v) is 15.6. The van der Waals surface area contributed by atoms with Crippen LogP contribution in [0.25, 0.3) is 33.2 Å². The molecule has 0 spiro atoms. The molecule has 0 amide bonds. The lowest BCUT2D eigenvalue weighted by molar-refractivity contribution is 0.611. The Morgan fingerprint density at radius 3 is 2.29 bits per heavy atom. The Balaban J connectivity index is 1.46. The number of thioether (sulfide) groups is 1. The molecule has 28 heavy (non-hydrogen) atoms. The molecule has 0 N–H and O–H groups in total. The molecule has 0 fully saturated rings. The molecule has 5 aromatic rings. The minimum atomic E-state index is 0.575. The highest BCUT2D eigenvalue weighted by Gasteiger charge is 2.20. The largest absolute Gasteiger partial charge is 0.265 e. The van der Waals surface area contributed by atoms with Crippen molar-refractivity contribution in [3.05, 3.63) is 72.3 Å². The number of fused-ring (bicyclic) bond motifs is 4. The van der Waals surface area contributed by atoms with Crippen LogP contribution in [0, 0.1) is 0 Å². The molecule has 0 radical (unpaired) electrons. The number of pyridine rings is 1. The Morgan fingerprint density at radius 2 is 1.54 bits per heavy atom. The van der Waals surface area contributed by atoms with E-state index in [-0.39, 0.29) is 0 Å². The fraction of sp³-hybridized carbons (Fsp3) is 0.0952. The molecular formula is C21H14N6S. The van der Waals surface area contributed by atoms with Crippen molar-refractivity contribution in [1.82, 2.24) is 29.7 Å². The maximum atomic E-state index is 4.93. The van der Waals surface area contributed by atoms with E-state index >= 15 is 0 Å². The predicted molar refractivity (Wildman–Crippen MR) is 109 cm³/mol. The van der Waals surface area contributed by atoms with Gasteiger partial charge in [-0.25, -0.2) is 19.6 Å². The molecule has 6 rings (SSSR count). The van der Waals surface area contributed by atoms with Crippen LogP contribution < -0.4 is 0 Å². The van der Waals surface area contributed by atoms with Crippen LogP contribution in [0.1, 0.15) is 11.4 Å². The Hall–Kier alpha value is -3.32. The molecule has 0 atom stereocenters. The summed E-state index contributed by atoms with van der Waals surface area (Å²) < 4.78 is 1.92. The fourth-order valence-electron chi connectivity index (χ4n) is 3.49. The molecule has 1 aliphatic rings. The molecule has 7 heteroatoms. The first-order valence-electron chi connectivity index (χ1n) is 9.00. The van der Waals surface area contributed by atoms with Gasteiger partial charge in [-0.3, -0.25) is 4.98 Å². The minimum Gasteiger partial charge on any atom is -0.265 e. The summed E-state index contributed by atoms with van der Waals surface area (Å²) in [5.74, 6) is 1.45. The molecular weight excluding hydrogens is 368 g/mol. The molecule has 1 aliphatic heterocycles. The van der Waals surface area contributed by atoms with Crippen molar-refractivity contribution >= 4 is 33.6 Å². The third-order valence-electron chi connectivity index (χ3n) is 4.90. The first-order valence-corrected chi connectivity index (χ1v) is 9.98. The normalized spacial score (nSPS) is 13.3. The van der Waals surface area contributed by atoms with Crippen molar-refractivity contribution in [2.45, 2.75) is 17.5 Å². The highest BCUT2D eigenvalue weighted by atomic mass is 32.2. The molecule has 0 saturated heterocycles. The maximum Gasteiger partial charge on any atom is 0.187 e. The van der Waals surface area contributed by atoms with Gasteiger partial charge in [0.05, 0.1) is 29.0 Å². The van der Waals surface area contributed by atoms with E-state index in [0.29, 0.717) is 12.4 Å². The van der Waals surface area contributed by atoms with E-state index in [0.717, 1.165) is 38.9 Å². The standard InChI is InChI=1S/C21H14N6S/c1-2-4-15-10-17-16(9-14(15)3-1)23-18-11-27-21(28-12-19(18)24-17)25-20(26-27)13-5-7-22-8-6-13/h1-10H,11-12H2. The van der Waals surface area contributed by atoms with Crippen LogP contribution >= 0.6 is 11.8 Å². The van der Waals surface area contributed by atoms with Crippen molar-refractivity contribution in [2.24, 2.45) is 0 Å². The maximum absolute atomic E-state index is 4.93. The van der Waals surface area contributed by atoms with Gasteiger partial charge in [0.15, 0.2) is 11.0 Å². The first kappa shape index (κ1) is 15.7. The summed E-state index contributed by atoms with van der Waals surface area (Å²) in [7, 11) is 0. The summed E-state index contributed by atoms with van der Waals surface area (Å²) in [4.78, 5) is 18.6. The molecule has 134 valence electrons. The van der Waals surface area contributed by atoms with Crippen LogP contribution in [0.3, 0.4) is 0 Å². The number of hydrogen-bond acceptors (Lipinski definition) is 6. The lowest BCUT2D eigenvalue weighted by Crippen LogP contribution is -2.07. The quantitative estimate of drug-likeness (QED) is 0.407. The highest BCUT2D eigenvalue weighted by Crippen LogP contribution is 2.30. The van der Waals surface area contributed by atoms with Crippen molar-refractivity contribution < 1.29 is 0 Å². The zero-order valence-electron chi connectivity index (χ0n) is 14.8. The Labute approximate surface area is 164 Å². The number of nitrogens with zero attached hydrogens (tertiary/aromatic N) is 6. The topological polar surface area (TPSA) is 69.4 Å². The summed E-state index contributed by atoms with van der Waals surface area (Å²) in [5.41, 5.74) is 4.78. The van der Waals surface area contributed by atoms with Crippen LogP contribution in [-0.2, 0) is 12.3 Å². The third-order valence-corrected chi connectivity index (χ3v) is 5.88. The van der Waals surface area contributed by atoms with Gasteiger partial charge in [-0.05, 0) is 35.0 Å². The van der Waals surface area contributed by atoms with Crippen molar-refractivity contribution in [1.29, 1.82) is 0 Å². The van der Waals surface area contributed by atoms with Gasteiger partial charge in [0.2, 0.25) is 0 Å². The second kappa shape index (κ2) is 6.10. The van der Waals surface area contributed by atoms with E-state index in [1.807, 2.05) is 28.9 Å². The number of aromatic nitrogens is 6. The van der Waals surface area contributed by atoms with E-state index in [1.54, 1.807) is 24.2 Å². The zero-order chi connectivity index (χ0) is 18.5. The van der Waals surface area contributed by atoms with E-state index in [9.17, 15) is 0 Å². The van der Waals surface area contributed by atoms with Gasteiger partial charge in [-0.2, -0.15) is 0 Å². The number of hydrogen-bond donors (Lipinski definition) is 0. The van der Waals surface area contributed by atoms with Gasteiger partial charge < -0.3 is 0 Å². The summed E-state index contributed by atoms with van der Waals surface area (Å²) in [6, 6.07) is 16.4. The van der Waals surface area contributed by atoms with Gasteiger partial charge in [0.25, 0.3) is 0 Å². The van der Waals surface area contributed by atoms with E-state index in [2.05, 4.69) is 29.2 Å². The molecule has 4 heterocycles. The molecule has 6 nitrogen and oxygen atoms in total. The molecule has 3 aromatic heterocycles. The summed E-state index contributed by atoms with van der Waals surface area (Å²) >= 11 is 1.65. The van der Waals surface area contributed by atoms with Gasteiger partial charge >= 0.3 is 0 Å². The van der Waals surface area contributed by atoms with Crippen LogP contribution in [0.4, 0.5) is 0 Å². The smallest absolute Gasteiger partial charge is 0.187 e. The SMILES string of the molecule is c1ccc2cc3nc4c(nc3cc2c1)CSc1nc(-c2ccncc2)nn1C4. The highest BCUT2D eigenvalue weighted by molar-refractivity contribution is 7.98. The lowest BCUT2D eigenvalue weighted by atomic mass is 10.1. The Kier molecular flexibility index (Phi) is 3.42. The summed E-state index contributed by atoms with van der Waals surface area (Å²) in [5, 5.41) is 7.95. The fourth-order valence-corrected chi connectivity index (χ4v) is 4.40. The third kappa shape index (κ3) is 2.55. The molecule has 0 aliphatic carbocycles. The number of rotatable bonds is 1. The van der Waals surface area contributed by atoms with Crippen molar-refractivity contribution in [3.8, 4) is 11.4 Å². The van der Waals surface area contributed by atoms with E-state index < -0.39 is 0 Å². The van der Waals surface area contributed by atoms with E-state index in [4.69, 9.17) is 20.1 Å². The van der Waals surface area contributed by atoms with Crippen LogP contribution in [0.2, 0.25) is 0 Å². The van der Waals surface area contributed by atoms with E-state index in [1.165, 1.54) is 10.8 Å². The number of benzene rings is 2. The molecule has 0 bridgehead atoms. The second-order valence-corrected chi connectivity index (χ2v) is 7.65. The Bertz CT molecular complexity index is 1350. The van der Waals surface area contributed by atoms with Gasteiger partial charge in [-0.15, -0.1) is 5.10 Å². The first-order chi connectivity index (χ1) is 13.8. The minimum absolute atomic E-state index is 0.575. The molecule has 2 aromatic carbocycles. The summed E-state index contributed by atoms with van der Waals surface area (Å²) in [6.07, 6.45) is 3.51. The van der Waals surface area contributed by atoms with Gasteiger partial charge in [-0.1, -0.05) is 36.0 Å². The predicted octanol–water partition coefficient (Wildman–Crippen LogP) is 4.09. The van der Waals surface area contributed by atoms with Crippen LogP contribution in [0.15, 0.2) is 66.1 Å².